The molecule has 0 amide bonds. The lowest BCUT2D eigenvalue weighted by Gasteiger charge is -2.30. The molecular weight excluding hydrogens is 392 g/mol. The van der Waals surface area contributed by atoms with Gasteiger partial charge in [-0.1, -0.05) is 23.7 Å². The maximum absolute atomic E-state index is 6.15. The van der Waals surface area contributed by atoms with Crippen LogP contribution >= 0.6 is 11.6 Å². The van der Waals surface area contributed by atoms with Crippen molar-refractivity contribution in [3.8, 4) is 23.0 Å². The van der Waals surface area contributed by atoms with E-state index in [-0.39, 0.29) is 0 Å². The molecule has 158 valence electrons. The molecule has 0 aliphatic carbocycles. The van der Waals surface area contributed by atoms with Crippen LogP contribution in [-0.2, 0) is 6.54 Å². The fourth-order valence-corrected chi connectivity index (χ4v) is 4.01. The van der Waals surface area contributed by atoms with E-state index in [1.54, 1.807) is 31.1 Å². The number of nitrogens with one attached hydrogen (secondary N) is 2. The summed E-state index contributed by atoms with van der Waals surface area (Å²) in [5, 5.41) is 0.667. The zero-order valence-electron chi connectivity index (χ0n) is 17.4. The Bertz CT molecular complexity index is 794. The molecule has 0 spiro atoms. The summed E-state index contributed by atoms with van der Waals surface area (Å²) in [6, 6.07) is 11.6. The van der Waals surface area contributed by atoms with E-state index in [0.717, 1.165) is 56.3 Å². The third kappa shape index (κ3) is 5.47. The van der Waals surface area contributed by atoms with Crippen molar-refractivity contribution in [3.05, 3.63) is 47.0 Å². The average Bonchev–Trinajstić information content (AvgIpc) is 2.75. The number of rotatable bonds is 9. The van der Waals surface area contributed by atoms with Crippen LogP contribution in [0.5, 0.6) is 23.0 Å². The van der Waals surface area contributed by atoms with Gasteiger partial charge in [-0.2, -0.15) is 0 Å². The van der Waals surface area contributed by atoms with Crippen molar-refractivity contribution in [1.29, 1.82) is 0 Å². The van der Waals surface area contributed by atoms with E-state index < -0.39 is 0 Å². The molecule has 3 rings (SSSR count). The molecule has 0 unspecified atom stereocenters. The number of methoxy groups -OCH3 is 3. The van der Waals surface area contributed by atoms with Gasteiger partial charge in [0.05, 0.1) is 31.9 Å². The Labute approximate surface area is 177 Å². The molecule has 0 aromatic heterocycles. The predicted octanol–water partition coefficient (Wildman–Crippen LogP) is 0.728. The third-order valence-corrected chi connectivity index (χ3v) is 5.75. The molecule has 2 aromatic rings. The largest absolute Gasteiger partial charge is 0.493 e. The van der Waals surface area contributed by atoms with Gasteiger partial charge in [0.1, 0.15) is 51.6 Å². The quantitative estimate of drug-likeness (QED) is 0.625. The second-order valence-electron chi connectivity index (χ2n) is 7.20. The maximum atomic E-state index is 6.15. The van der Waals surface area contributed by atoms with Crippen LogP contribution in [0.25, 0.3) is 0 Å². The van der Waals surface area contributed by atoms with E-state index in [0.29, 0.717) is 23.1 Å². The molecule has 6 nitrogen and oxygen atoms in total. The second-order valence-corrected chi connectivity index (χ2v) is 7.61. The minimum atomic E-state index is 0.660. The number of para-hydroxylation sites is 1. The van der Waals surface area contributed by atoms with E-state index in [1.807, 2.05) is 30.3 Å². The Balaban J connectivity index is 1.49. The fourth-order valence-electron chi connectivity index (χ4n) is 3.82. The first-order valence-electron chi connectivity index (χ1n) is 9.98. The SMILES string of the molecule is COc1ccc(C[NH+]2CC[NH+](CCOc3ccccc3Cl)CC2)c(OC)c1OC. The Kier molecular flexibility index (Phi) is 7.86. The summed E-state index contributed by atoms with van der Waals surface area (Å²) in [5.74, 6) is 2.88. The number of halogens is 1. The molecule has 0 atom stereocenters. The highest BCUT2D eigenvalue weighted by molar-refractivity contribution is 6.32. The molecule has 7 heteroatoms. The van der Waals surface area contributed by atoms with Crippen LogP contribution in [0, 0.1) is 0 Å². The highest BCUT2D eigenvalue weighted by Crippen LogP contribution is 2.39. The summed E-state index contributed by atoms with van der Waals surface area (Å²) in [7, 11) is 4.96. The van der Waals surface area contributed by atoms with Crippen LogP contribution in [0.4, 0.5) is 0 Å². The molecular formula is C22H31ClN2O4+2. The van der Waals surface area contributed by atoms with Crippen molar-refractivity contribution in [2.24, 2.45) is 0 Å². The van der Waals surface area contributed by atoms with Crippen molar-refractivity contribution >= 4 is 11.6 Å². The molecule has 1 saturated heterocycles. The minimum Gasteiger partial charge on any atom is -0.493 e. The number of ether oxygens (including phenoxy) is 4. The molecule has 0 bridgehead atoms. The predicted molar refractivity (Wildman–Crippen MR) is 113 cm³/mol. The van der Waals surface area contributed by atoms with Crippen LogP contribution in [0.3, 0.4) is 0 Å². The van der Waals surface area contributed by atoms with Gasteiger partial charge in [-0.15, -0.1) is 0 Å². The van der Waals surface area contributed by atoms with Gasteiger partial charge in [-0.05, 0) is 24.3 Å². The lowest BCUT2D eigenvalue weighted by atomic mass is 10.1. The van der Waals surface area contributed by atoms with Crippen molar-refractivity contribution in [2.75, 3.05) is 60.7 Å². The number of benzene rings is 2. The number of piperazine rings is 1. The van der Waals surface area contributed by atoms with Crippen molar-refractivity contribution in [1.82, 2.24) is 0 Å². The smallest absolute Gasteiger partial charge is 0.203 e. The molecule has 1 heterocycles. The van der Waals surface area contributed by atoms with Crippen molar-refractivity contribution in [2.45, 2.75) is 6.54 Å². The first-order valence-corrected chi connectivity index (χ1v) is 10.4. The number of quaternary nitrogens is 2. The van der Waals surface area contributed by atoms with Crippen molar-refractivity contribution in [3.63, 3.8) is 0 Å². The van der Waals surface area contributed by atoms with E-state index in [2.05, 4.69) is 6.07 Å². The monoisotopic (exact) mass is 422 g/mol. The van der Waals surface area contributed by atoms with Gasteiger partial charge in [0.15, 0.2) is 11.5 Å². The van der Waals surface area contributed by atoms with E-state index >= 15 is 0 Å². The van der Waals surface area contributed by atoms with Crippen molar-refractivity contribution < 1.29 is 28.7 Å². The van der Waals surface area contributed by atoms with Crippen LogP contribution in [0.15, 0.2) is 36.4 Å². The van der Waals surface area contributed by atoms with Crippen LogP contribution < -0.4 is 28.7 Å². The minimum absolute atomic E-state index is 0.660. The Morgan fingerprint density at radius 2 is 1.48 bits per heavy atom. The molecule has 0 radical (unpaired) electrons. The molecule has 1 aliphatic heterocycles. The standard InChI is InChI=1S/C22H29ClN2O4/c1-26-20-9-8-17(21(27-2)22(20)28-3)16-25-12-10-24(11-13-25)14-15-29-19-7-5-4-6-18(19)23/h4-9H,10-16H2,1-3H3/p+2. The van der Waals surface area contributed by atoms with Gasteiger partial charge < -0.3 is 28.7 Å². The molecule has 2 N–H and O–H groups in total. The summed E-state index contributed by atoms with van der Waals surface area (Å²) in [4.78, 5) is 3.12. The molecule has 1 fully saturated rings. The van der Waals surface area contributed by atoms with E-state index in [1.165, 1.54) is 0 Å². The maximum Gasteiger partial charge on any atom is 0.203 e. The van der Waals surface area contributed by atoms with Gasteiger partial charge in [0.25, 0.3) is 0 Å². The Morgan fingerprint density at radius 3 is 2.14 bits per heavy atom. The zero-order valence-corrected chi connectivity index (χ0v) is 18.2. The van der Waals surface area contributed by atoms with E-state index in [9.17, 15) is 0 Å². The van der Waals surface area contributed by atoms with Gasteiger partial charge in [0, 0.05) is 0 Å². The first-order chi connectivity index (χ1) is 14.2. The van der Waals surface area contributed by atoms with Gasteiger partial charge in [-0.3, -0.25) is 0 Å². The molecule has 29 heavy (non-hydrogen) atoms. The second kappa shape index (κ2) is 10.6. The van der Waals surface area contributed by atoms with Gasteiger partial charge >= 0.3 is 0 Å². The Hall–Kier alpha value is -2.15. The summed E-state index contributed by atoms with van der Waals surface area (Å²) in [6.45, 7) is 7.04. The summed E-state index contributed by atoms with van der Waals surface area (Å²) < 4.78 is 22.4. The zero-order chi connectivity index (χ0) is 20.6. The van der Waals surface area contributed by atoms with Gasteiger partial charge in [-0.25, -0.2) is 0 Å². The third-order valence-electron chi connectivity index (χ3n) is 5.44. The van der Waals surface area contributed by atoms with Crippen LogP contribution in [0.1, 0.15) is 5.56 Å². The van der Waals surface area contributed by atoms with E-state index in [4.69, 9.17) is 30.5 Å². The lowest BCUT2D eigenvalue weighted by molar-refractivity contribution is -1.02. The normalized spacial score (nSPS) is 18.9. The van der Waals surface area contributed by atoms with Gasteiger partial charge in [0.2, 0.25) is 5.75 Å². The lowest BCUT2D eigenvalue weighted by Crippen LogP contribution is -3.27. The highest BCUT2D eigenvalue weighted by atomic mass is 35.5. The first kappa shape index (κ1) is 21.6. The fraction of sp³-hybridized carbons (Fsp3) is 0.455. The average molecular weight is 423 g/mol. The molecule has 1 aliphatic rings. The summed E-state index contributed by atoms with van der Waals surface area (Å²) in [6.07, 6.45) is 0. The summed E-state index contributed by atoms with van der Waals surface area (Å²) in [5.41, 5.74) is 1.14. The highest BCUT2D eigenvalue weighted by Gasteiger charge is 2.25. The number of hydrogen-bond acceptors (Lipinski definition) is 4. The Morgan fingerprint density at radius 1 is 0.793 bits per heavy atom. The van der Waals surface area contributed by atoms with Crippen LogP contribution in [0.2, 0.25) is 5.02 Å². The summed E-state index contributed by atoms with van der Waals surface area (Å²) >= 11 is 6.15. The number of hydrogen-bond donors (Lipinski definition) is 2. The molecule has 2 aromatic carbocycles. The molecule has 0 saturated carbocycles. The topological polar surface area (TPSA) is 45.8 Å². The van der Waals surface area contributed by atoms with Crippen LogP contribution in [-0.4, -0.2) is 60.7 Å².